The Bertz CT molecular complexity index is 790. The highest BCUT2D eigenvalue weighted by molar-refractivity contribution is 5.93. The zero-order valence-corrected chi connectivity index (χ0v) is 13.0. The second-order valence-electron chi connectivity index (χ2n) is 4.72. The summed E-state index contributed by atoms with van der Waals surface area (Å²) in [5, 5.41) is 16.5. The minimum atomic E-state index is -0.326. The number of carbonyl (C=O) groups is 1. The van der Waals surface area contributed by atoms with Crippen LogP contribution < -0.4 is 5.32 Å². The second kappa shape index (κ2) is 8.54. The van der Waals surface area contributed by atoms with Gasteiger partial charge in [-0.2, -0.15) is 5.10 Å². The number of pyridine rings is 1. The molecule has 7 heteroatoms. The predicted molar refractivity (Wildman–Crippen MR) is 87.5 cm³/mol. The van der Waals surface area contributed by atoms with Gasteiger partial charge in [0.25, 0.3) is 5.91 Å². The molecule has 24 heavy (non-hydrogen) atoms. The van der Waals surface area contributed by atoms with Gasteiger partial charge in [0.2, 0.25) is 0 Å². The molecule has 0 aliphatic rings. The number of H-pyrrole nitrogens is 1. The Hall–Kier alpha value is -3.06. The van der Waals surface area contributed by atoms with Gasteiger partial charge >= 0.3 is 0 Å². The number of aromatic nitrogens is 3. The minimum Gasteiger partial charge on any atom is -0.400 e. The van der Waals surface area contributed by atoms with Gasteiger partial charge in [-0.3, -0.25) is 14.9 Å². The smallest absolute Gasteiger partial charge is 0.269 e. The third-order valence-corrected chi connectivity index (χ3v) is 3.14. The first-order valence-electron chi connectivity index (χ1n) is 7.15. The van der Waals surface area contributed by atoms with Gasteiger partial charge in [-0.1, -0.05) is 12.1 Å². The maximum atomic E-state index is 13.1. The monoisotopic (exact) mass is 328 g/mol. The van der Waals surface area contributed by atoms with Crippen LogP contribution in [0, 0.1) is 5.82 Å². The van der Waals surface area contributed by atoms with Gasteiger partial charge in [0.05, 0.1) is 5.69 Å². The lowest BCUT2D eigenvalue weighted by Gasteiger charge is -2.03. The van der Waals surface area contributed by atoms with Crippen LogP contribution in [-0.4, -0.2) is 33.3 Å². The minimum absolute atomic E-state index is 0.250. The van der Waals surface area contributed by atoms with Gasteiger partial charge < -0.3 is 10.4 Å². The number of aliphatic hydroxyl groups is 1. The van der Waals surface area contributed by atoms with Crippen LogP contribution in [0.25, 0.3) is 11.3 Å². The van der Waals surface area contributed by atoms with Crippen molar-refractivity contribution in [1.82, 2.24) is 20.5 Å². The number of aromatic amines is 1. The first-order chi connectivity index (χ1) is 11.7. The molecule has 0 saturated heterocycles. The van der Waals surface area contributed by atoms with Gasteiger partial charge in [-0.15, -0.1) is 0 Å². The quantitative estimate of drug-likeness (QED) is 0.684. The van der Waals surface area contributed by atoms with E-state index >= 15 is 0 Å². The highest BCUT2D eigenvalue weighted by Crippen LogP contribution is 2.16. The summed E-state index contributed by atoms with van der Waals surface area (Å²) in [6.07, 6.45) is 3.32. The normalized spacial score (nSPS) is 9.79. The Morgan fingerprint density at radius 3 is 2.67 bits per heavy atom. The van der Waals surface area contributed by atoms with Crippen molar-refractivity contribution in [3.63, 3.8) is 0 Å². The van der Waals surface area contributed by atoms with E-state index in [-0.39, 0.29) is 18.3 Å². The first kappa shape index (κ1) is 17.3. The van der Waals surface area contributed by atoms with Crippen molar-refractivity contribution in [3.05, 3.63) is 71.9 Å². The average Bonchev–Trinajstić information content (AvgIpc) is 3.12. The number of carbonyl (C=O) groups excluding carboxylic acids is 1. The van der Waals surface area contributed by atoms with Crippen molar-refractivity contribution in [3.8, 4) is 11.3 Å². The average molecular weight is 328 g/mol. The maximum Gasteiger partial charge on any atom is 0.269 e. The summed E-state index contributed by atoms with van der Waals surface area (Å²) in [4.78, 5) is 16.0. The maximum absolute atomic E-state index is 13.1. The number of aliphatic hydroxyl groups excluding tert-OH is 1. The molecule has 0 saturated carbocycles. The van der Waals surface area contributed by atoms with Gasteiger partial charge in [0.15, 0.2) is 0 Å². The van der Waals surface area contributed by atoms with E-state index in [2.05, 4.69) is 20.5 Å². The second-order valence-corrected chi connectivity index (χ2v) is 4.72. The number of halogens is 1. The van der Waals surface area contributed by atoms with Crippen LogP contribution in [0.2, 0.25) is 0 Å². The number of amides is 1. The Kier molecular flexibility index (Phi) is 6.16. The van der Waals surface area contributed by atoms with Crippen molar-refractivity contribution < 1.29 is 14.3 Å². The molecule has 0 bridgehead atoms. The van der Waals surface area contributed by atoms with E-state index < -0.39 is 0 Å². The SMILES string of the molecule is CO.O=C(NCc1cccc(F)c1)c1cc(-c2ccncc2)n[nH]1. The van der Waals surface area contributed by atoms with Gasteiger partial charge in [0.1, 0.15) is 11.5 Å². The standard InChI is InChI=1S/C16H13FN4O.CH4O/c17-13-3-1-2-11(8-13)10-19-16(22)15-9-14(20-21-15)12-4-6-18-7-5-12;1-2/h1-9H,10H2,(H,19,22)(H,20,21);2H,1H3. The lowest BCUT2D eigenvalue weighted by molar-refractivity contribution is 0.0946. The topological polar surface area (TPSA) is 90.9 Å². The number of hydrogen-bond donors (Lipinski definition) is 3. The highest BCUT2D eigenvalue weighted by Gasteiger charge is 2.10. The molecular formula is C17H17FN4O2. The van der Waals surface area contributed by atoms with E-state index in [4.69, 9.17) is 5.11 Å². The van der Waals surface area contributed by atoms with Crippen LogP contribution in [0.5, 0.6) is 0 Å². The lowest BCUT2D eigenvalue weighted by atomic mass is 10.2. The Balaban J connectivity index is 0.00000100. The fourth-order valence-corrected chi connectivity index (χ4v) is 2.03. The first-order valence-corrected chi connectivity index (χ1v) is 7.15. The van der Waals surface area contributed by atoms with Gasteiger partial charge in [-0.25, -0.2) is 4.39 Å². The van der Waals surface area contributed by atoms with E-state index in [0.717, 1.165) is 12.7 Å². The summed E-state index contributed by atoms with van der Waals surface area (Å²) in [7, 11) is 1.00. The van der Waals surface area contributed by atoms with Crippen LogP contribution in [0.4, 0.5) is 4.39 Å². The molecule has 1 aromatic carbocycles. The number of nitrogens with zero attached hydrogens (tertiary/aromatic N) is 2. The van der Waals surface area contributed by atoms with Crippen molar-refractivity contribution >= 4 is 5.91 Å². The molecule has 3 N–H and O–H groups in total. The summed E-state index contributed by atoms with van der Waals surface area (Å²) in [5.41, 5.74) is 2.58. The highest BCUT2D eigenvalue weighted by atomic mass is 19.1. The fourth-order valence-electron chi connectivity index (χ4n) is 2.03. The Morgan fingerprint density at radius 2 is 1.96 bits per heavy atom. The molecule has 1 amide bonds. The molecule has 3 aromatic rings. The summed E-state index contributed by atoms with van der Waals surface area (Å²) in [5.74, 6) is -0.620. The summed E-state index contributed by atoms with van der Waals surface area (Å²) in [6, 6.07) is 11.4. The number of rotatable bonds is 4. The molecule has 0 aliphatic heterocycles. The molecule has 3 rings (SSSR count). The van der Waals surface area contributed by atoms with Crippen molar-refractivity contribution in [1.29, 1.82) is 0 Å². The molecule has 0 aliphatic carbocycles. The molecule has 6 nitrogen and oxygen atoms in total. The van der Waals surface area contributed by atoms with Crippen molar-refractivity contribution in [2.75, 3.05) is 7.11 Å². The third kappa shape index (κ3) is 4.47. The van der Waals surface area contributed by atoms with Crippen LogP contribution in [0.3, 0.4) is 0 Å². The van der Waals surface area contributed by atoms with Crippen LogP contribution >= 0.6 is 0 Å². The van der Waals surface area contributed by atoms with Crippen LogP contribution in [0.15, 0.2) is 54.9 Å². The molecule has 2 aromatic heterocycles. The molecular weight excluding hydrogens is 311 g/mol. The van der Waals surface area contributed by atoms with Crippen molar-refractivity contribution in [2.45, 2.75) is 6.54 Å². The molecule has 0 fully saturated rings. The molecule has 2 heterocycles. The van der Waals surface area contributed by atoms with E-state index in [0.29, 0.717) is 17.0 Å². The molecule has 0 radical (unpaired) electrons. The number of nitrogens with one attached hydrogen (secondary N) is 2. The van der Waals surface area contributed by atoms with E-state index in [1.54, 1.807) is 30.6 Å². The predicted octanol–water partition coefficient (Wildman–Crippen LogP) is 2.15. The third-order valence-electron chi connectivity index (χ3n) is 3.14. The molecule has 0 unspecified atom stereocenters. The Morgan fingerprint density at radius 1 is 1.21 bits per heavy atom. The van der Waals surface area contributed by atoms with Crippen LogP contribution in [-0.2, 0) is 6.54 Å². The summed E-state index contributed by atoms with van der Waals surface area (Å²) >= 11 is 0. The molecule has 124 valence electrons. The van der Waals surface area contributed by atoms with E-state index in [1.807, 2.05) is 12.1 Å². The largest absolute Gasteiger partial charge is 0.400 e. The van der Waals surface area contributed by atoms with Gasteiger partial charge in [-0.05, 0) is 35.9 Å². The van der Waals surface area contributed by atoms with Crippen molar-refractivity contribution in [2.24, 2.45) is 0 Å². The summed E-state index contributed by atoms with van der Waals surface area (Å²) < 4.78 is 13.1. The molecule has 0 atom stereocenters. The lowest BCUT2D eigenvalue weighted by Crippen LogP contribution is -2.23. The zero-order valence-electron chi connectivity index (χ0n) is 13.0. The fraction of sp³-hybridized carbons (Fsp3) is 0.118. The number of benzene rings is 1. The van der Waals surface area contributed by atoms with E-state index in [9.17, 15) is 9.18 Å². The Labute approximate surface area is 138 Å². The van der Waals surface area contributed by atoms with E-state index in [1.165, 1.54) is 12.1 Å². The molecule has 0 spiro atoms. The zero-order chi connectivity index (χ0) is 17.4. The number of hydrogen-bond acceptors (Lipinski definition) is 4. The summed E-state index contributed by atoms with van der Waals surface area (Å²) in [6.45, 7) is 0.250. The van der Waals surface area contributed by atoms with Gasteiger partial charge in [0, 0.05) is 31.6 Å². The van der Waals surface area contributed by atoms with Crippen LogP contribution in [0.1, 0.15) is 16.1 Å².